The van der Waals surface area contributed by atoms with Gasteiger partial charge in [-0.05, 0) is 32.1 Å². The van der Waals surface area contributed by atoms with Gasteiger partial charge in [-0.3, -0.25) is 4.99 Å². The van der Waals surface area contributed by atoms with E-state index in [1.807, 2.05) is 7.05 Å². The minimum absolute atomic E-state index is 0. The number of aliphatic imine (C=N–C) groups is 1. The third kappa shape index (κ3) is 5.37. The van der Waals surface area contributed by atoms with Crippen LogP contribution in [0.2, 0.25) is 0 Å². The molecule has 0 aromatic carbocycles. The summed E-state index contributed by atoms with van der Waals surface area (Å²) in [5.74, 6) is 2.55. The lowest BCUT2D eigenvalue weighted by atomic mass is 9.92. The maximum Gasteiger partial charge on any atom is 0.193 e. The van der Waals surface area contributed by atoms with Gasteiger partial charge in [0, 0.05) is 38.0 Å². The number of aryl methyl sites for hydroxylation is 2. The van der Waals surface area contributed by atoms with Crippen molar-refractivity contribution < 1.29 is 0 Å². The summed E-state index contributed by atoms with van der Waals surface area (Å²) < 4.78 is 0. The molecule has 0 spiro atoms. The fraction of sp³-hybridized carbons (Fsp3) is 0.750. The van der Waals surface area contributed by atoms with E-state index in [1.165, 1.54) is 17.0 Å². The van der Waals surface area contributed by atoms with Crippen molar-refractivity contribution in [3.63, 3.8) is 0 Å². The van der Waals surface area contributed by atoms with Gasteiger partial charge in [0.15, 0.2) is 5.96 Å². The molecule has 0 bridgehead atoms. The van der Waals surface area contributed by atoms with E-state index in [0.717, 1.165) is 48.9 Å². The van der Waals surface area contributed by atoms with Crippen LogP contribution in [0, 0.1) is 25.7 Å². The Kier molecular flexibility index (Phi) is 8.10. The third-order valence-electron chi connectivity index (χ3n) is 4.01. The lowest BCUT2D eigenvalue weighted by Crippen LogP contribution is -2.48. The number of halogens is 1. The van der Waals surface area contributed by atoms with Crippen molar-refractivity contribution in [2.24, 2.45) is 16.8 Å². The molecule has 2 heterocycles. The maximum absolute atomic E-state index is 4.49. The Hall–Kier alpha value is -0.370. The van der Waals surface area contributed by atoms with Crippen LogP contribution < -0.4 is 5.32 Å². The lowest BCUT2D eigenvalue weighted by Gasteiger charge is -2.37. The Bertz CT molecular complexity index is 490. The van der Waals surface area contributed by atoms with E-state index in [0.29, 0.717) is 0 Å². The summed E-state index contributed by atoms with van der Waals surface area (Å²) in [6.45, 7) is 12.0. The standard InChI is InChI=1S/C16H28N4S.HI/c1-11-8-12(2)10-20(9-11)16(17-5)18-7-6-15-13(3)19-14(4)21-15;/h11-12H,6-10H2,1-5H3,(H,17,18);1H. The molecule has 0 saturated carbocycles. The highest BCUT2D eigenvalue weighted by Crippen LogP contribution is 2.21. The maximum atomic E-state index is 4.49. The topological polar surface area (TPSA) is 40.5 Å². The molecular formula is C16H29IN4S. The van der Waals surface area contributed by atoms with E-state index < -0.39 is 0 Å². The number of thiazole rings is 1. The number of likely N-dealkylation sites (tertiary alicyclic amines) is 1. The Balaban J connectivity index is 0.00000242. The van der Waals surface area contributed by atoms with Gasteiger partial charge in [-0.25, -0.2) is 4.98 Å². The summed E-state index contributed by atoms with van der Waals surface area (Å²) in [6, 6.07) is 0. The second-order valence-electron chi connectivity index (χ2n) is 6.32. The number of hydrogen-bond acceptors (Lipinski definition) is 3. The monoisotopic (exact) mass is 436 g/mol. The quantitative estimate of drug-likeness (QED) is 0.448. The smallest absolute Gasteiger partial charge is 0.193 e. The first kappa shape index (κ1) is 19.7. The fourth-order valence-electron chi connectivity index (χ4n) is 3.26. The van der Waals surface area contributed by atoms with Crippen LogP contribution in [0.25, 0.3) is 0 Å². The minimum atomic E-state index is 0. The van der Waals surface area contributed by atoms with Gasteiger partial charge < -0.3 is 10.2 Å². The fourth-order valence-corrected chi connectivity index (χ4v) is 4.20. The second kappa shape index (κ2) is 9.05. The summed E-state index contributed by atoms with van der Waals surface area (Å²) in [4.78, 5) is 12.7. The van der Waals surface area contributed by atoms with Gasteiger partial charge in [-0.2, -0.15) is 0 Å². The predicted octanol–water partition coefficient (Wildman–Crippen LogP) is 3.47. The molecule has 0 aliphatic carbocycles. The summed E-state index contributed by atoms with van der Waals surface area (Å²) >= 11 is 1.81. The first-order chi connectivity index (χ1) is 9.99. The Morgan fingerprint density at radius 3 is 2.45 bits per heavy atom. The van der Waals surface area contributed by atoms with Crippen LogP contribution in [0.5, 0.6) is 0 Å². The van der Waals surface area contributed by atoms with Crippen LogP contribution >= 0.6 is 35.3 Å². The number of rotatable bonds is 3. The van der Waals surface area contributed by atoms with Gasteiger partial charge in [0.05, 0.1) is 10.7 Å². The average Bonchev–Trinajstić information content (AvgIpc) is 2.72. The lowest BCUT2D eigenvalue weighted by molar-refractivity contribution is 0.208. The molecule has 1 aromatic heterocycles. The van der Waals surface area contributed by atoms with Crippen LogP contribution in [0.4, 0.5) is 0 Å². The number of nitrogens with one attached hydrogen (secondary N) is 1. The van der Waals surface area contributed by atoms with Crippen molar-refractivity contribution in [1.29, 1.82) is 0 Å². The molecule has 1 aliphatic heterocycles. The van der Waals surface area contributed by atoms with Gasteiger partial charge in [0.2, 0.25) is 0 Å². The minimum Gasteiger partial charge on any atom is -0.356 e. The van der Waals surface area contributed by atoms with E-state index >= 15 is 0 Å². The SMILES string of the molecule is CN=C(NCCc1sc(C)nc1C)N1CC(C)CC(C)C1.I. The molecule has 1 fully saturated rings. The highest BCUT2D eigenvalue weighted by atomic mass is 127. The van der Waals surface area contributed by atoms with Crippen molar-refractivity contribution in [2.45, 2.75) is 40.5 Å². The molecule has 4 nitrogen and oxygen atoms in total. The van der Waals surface area contributed by atoms with E-state index in [4.69, 9.17) is 0 Å². The highest BCUT2D eigenvalue weighted by Gasteiger charge is 2.23. The normalized spacial score (nSPS) is 22.4. The Morgan fingerprint density at radius 1 is 1.32 bits per heavy atom. The molecule has 2 unspecified atom stereocenters. The first-order valence-electron chi connectivity index (χ1n) is 7.88. The molecule has 1 N–H and O–H groups in total. The van der Waals surface area contributed by atoms with Crippen molar-refractivity contribution in [1.82, 2.24) is 15.2 Å². The number of guanidine groups is 1. The van der Waals surface area contributed by atoms with Gasteiger partial charge in [0.25, 0.3) is 0 Å². The number of hydrogen-bond donors (Lipinski definition) is 1. The molecule has 2 rings (SSSR count). The Labute approximate surface area is 155 Å². The van der Waals surface area contributed by atoms with Gasteiger partial charge in [-0.15, -0.1) is 35.3 Å². The number of aromatic nitrogens is 1. The van der Waals surface area contributed by atoms with E-state index in [9.17, 15) is 0 Å². The summed E-state index contributed by atoms with van der Waals surface area (Å²) in [7, 11) is 1.88. The second-order valence-corrected chi connectivity index (χ2v) is 7.60. The summed E-state index contributed by atoms with van der Waals surface area (Å²) in [5.41, 5.74) is 1.18. The summed E-state index contributed by atoms with van der Waals surface area (Å²) in [6.07, 6.45) is 2.35. The third-order valence-corrected chi connectivity index (χ3v) is 5.15. The van der Waals surface area contributed by atoms with Crippen LogP contribution in [0.15, 0.2) is 4.99 Å². The van der Waals surface area contributed by atoms with Crippen LogP contribution in [0.3, 0.4) is 0 Å². The highest BCUT2D eigenvalue weighted by molar-refractivity contribution is 14.0. The number of piperidine rings is 1. The summed E-state index contributed by atoms with van der Waals surface area (Å²) in [5, 5.41) is 4.68. The van der Waals surface area contributed by atoms with Crippen molar-refractivity contribution >= 4 is 41.3 Å². The van der Waals surface area contributed by atoms with Gasteiger partial charge >= 0.3 is 0 Å². The molecular weight excluding hydrogens is 407 g/mol. The van der Waals surface area contributed by atoms with E-state index in [1.54, 1.807) is 11.3 Å². The largest absolute Gasteiger partial charge is 0.356 e. The molecule has 1 saturated heterocycles. The van der Waals surface area contributed by atoms with Gasteiger partial charge in [0.1, 0.15) is 0 Å². The molecule has 126 valence electrons. The zero-order valence-corrected chi connectivity index (χ0v) is 17.5. The van der Waals surface area contributed by atoms with Crippen molar-refractivity contribution in [2.75, 3.05) is 26.7 Å². The van der Waals surface area contributed by atoms with Crippen molar-refractivity contribution in [3.05, 3.63) is 15.6 Å². The zero-order valence-electron chi connectivity index (χ0n) is 14.3. The van der Waals surface area contributed by atoms with Crippen LogP contribution in [-0.2, 0) is 6.42 Å². The van der Waals surface area contributed by atoms with Crippen LogP contribution in [0.1, 0.15) is 35.8 Å². The molecule has 0 amide bonds. The van der Waals surface area contributed by atoms with Gasteiger partial charge in [-0.1, -0.05) is 13.8 Å². The predicted molar refractivity (Wildman–Crippen MR) is 107 cm³/mol. The van der Waals surface area contributed by atoms with Crippen LogP contribution in [-0.4, -0.2) is 42.5 Å². The average molecular weight is 436 g/mol. The van der Waals surface area contributed by atoms with E-state index in [2.05, 4.69) is 47.9 Å². The van der Waals surface area contributed by atoms with E-state index in [-0.39, 0.29) is 24.0 Å². The molecule has 6 heteroatoms. The van der Waals surface area contributed by atoms with Crippen molar-refractivity contribution in [3.8, 4) is 0 Å². The molecule has 0 radical (unpaired) electrons. The molecule has 2 atom stereocenters. The molecule has 1 aliphatic rings. The zero-order chi connectivity index (χ0) is 15.4. The number of nitrogens with zero attached hydrogens (tertiary/aromatic N) is 3. The molecule has 1 aromatic rings. The first-order valence-corrected chi connectivity index (χ1v) is 8.69. The molecule has 22 heavy (non-hydrogen) atoms. The Morgan fingerprint density at radius 2 is 1.95 bits per heavy atom.